The van der Waals surface area contributed by atoms with Crippen molar-refractivity contribution >= 4 is 5.69 Å². The van der Waals surface area contributed by atoms with Crippen LogP contribution in [0, 0.1) is 15.3 Å². The van der Waals surface area contributed by atoms with Crippen LogP contribution in [0.2, 0.25) is 0 Å². The van der Waals surface area contributed by atoms with Gasteiger partial charge in [0.05, 0.1) is 0 Å². The number of para-hydroxylation sites is 1. The highest BCUT2D eigenvalue weighted by Crippen LogP contribution is 2.08. The van der Waals surface area contributed by atoms with E-state index in [1.807, 2.05) is 0 Å². The maximum Gasteiger partial charge on any atom is 0.349 e. The first-order valence-electron chi connectivity index (χ1n) is 3.08. The van der Waals surface area contributed by atoms with Crippen molar-refractivity contribution in [2.75, 3.05) is 0 Å². The summed E-state index contributed by atoms with van der Waals surface area (Å²) in [6.45, 7) is 0. The number of rotatable bonds is 2. The molecule has 0 aromatic heterocycles. The summed E-state index contributed by atoms with van der Waals surface area (Å²) in [5.74, 6) is 0. The molecule has 6 nitrogen and oxygen atoms in total. The summed E-state index contributed by atoms with van der Waals surface area (Å²) in [5.41, 5.74) is 0.134. The standard InChI is InChI=1S/C6H5N3O3/c10-8(7-9(11)12)6-4-2-1-3-5-6/h1-5H/b8-7-. The molecule has 0 bridgehead atoms. The van der Waals surface area contributed by atoms with Gasteiger partial charge in [0.1, 0.15) is 0 Å². The lowest BCUT2D eigenvalue weighted by Crippen LogP contribution is -1.96. The van der Waals surface area contributed by atoms with Gasteiger partial charge in [-0.15, -0.1) is 0 Å². The molecule has 0 aliphatic heterocycles. The zero-order chi connectivity index (χ0) is 8.97. The Bertz CT molecular complexity index is 309. The lowest BCUT2D eigenvalue weighted by molar-refractivity contribution is -0.642. The molecule has 12 heavy (non-hydrogen) atoms. The number of hydrogen-bond donors (Lipinski definition) is 0. The van der Waals surface area contributed by atoms with Gasteiger partial charge in [-0.2, -0.15) is 0 Å². The average molecular weight is 167 g/mol. The van der Waals surface area contributed by atoms with Gasteiger partial charge in [-0.1, -0.05) is 18.2 Å². The SMILES string of the molecule is O=[N+]([O-])/N=[N+](\[O-])c1ccccc1. The molecule has 0 saturated heterocycles. The van der Waals surface area contributed by atoms with Crippen molar-refractivity contribution in [3.8, 4) is 0 Å². The van der Waals surface area contributed by atoms with E-state index in [0.29, 0.717) is 0 Å². The largest absolute Gasteiger partial charge is 0.590 e. The molecule has 0 spiro atoms. The summed E-state index contributed by atoms with van der Waals surface area (Å²) in [4.78, 5) is 9.74. The van der Waals surface area contributed by atoms with Crippen LogP contribution in [0.25, 0.3) is 0 Å². The Balaban J connectivity index is 2.93. The van der Waals surface area contributed by atoms with Gasteiger partial charge < -0.3 is 5.21 Å². The van der Waals surface area contributed by atoms with Crippen molar-refractivity contribution in [3.63, 3.8) is 0 Å². The molecule has 1 aromatic carbocycles. The molecule has 0 saturated carbocycles. The monoisotopic (exact) mass is 167 g/mol. The van der Waals surface area contributed by atoms with E-state index >= 15 is 0 Å². The van der Waals surface area contributed by atoms with Crippen LogP contribution in [0.15, 0.2) is 35.6 Å². The molecule has 62 valence electrons. The van der Waals surface area contributed by atoms with Crippen LogP contribution in [0.5, 0.6) is 0 Å². The minimum absolute atomic E-state index is 0.0417. The van der Waals surface area contributed by atoms with Gasteiger partial charge in [0, 0.05) is 17.0 Å². The fourth-order valence-electron chi connectivity index (χ4n) is 0.673. The molecule has 0 atom stereocenters. The lowest BCUT2D eigenvalue weighted by Gasteiger charge is -1.92. The van der Waals surface area contributed by atoms with Crippen molar-refractivity contribution in [1.82, 2.24) is 0 Å². The highest BCUT2D eigenvalue weighted by molar-refractivity contribution is 5.27. The van der Waals surface area contributed by atoms with E-state index in [0.717, 1.165) is 0 Å². The molecule has 0 aliphatic carbocycles. The Morgan fingerprint density at radius 3 is 2.25 bits per heavy atom. The van der Waals surface area contributed by atoms with Crippen molar-refractivity contribution in [2.24, 2.45) is 5.22 Å². The topological polar surface area (TPSA) is 81.6 Å². The van der Waals surface area contributed by atoms with Crippen LogP contribution in [-0.2, 0) is 0 Å². The zero-order valence-electron chi connectivity index (χ0n) is 5.95. The third kappa shape index (κ3) is 2.01. The van der Waals surface area contributed by atoms with Gasteiger partial charge in [0.15, 0.2) is 0 Å². The van der Waals surface area contributed by atoms with E-state index < -0.39 is 5.03 Å². The Morgan fingerprint density at radius 1 is 1.17 bits per heavy atom. The molecule has 6 heteroatoms. The van der Waals surface area contributed by atoms with Gasteiger partial charge in [-0.25, -0.2) is 10.1 Å². The fourth-order valence-corrected chi connectivity index (χ4v) is 0.673. The Labute approximate surface area is 67.5 Å². The number of benzene rings is 1. The quantitative estimate of drug-likeness (QED) is 0.289. The second-order valence-electron chi connectivity index (χ2n) is 1.94. The number of hydrogen-bond acceptors (Lipinski definition) is 3. The minimum atomic E-state index is -1.04. The predicted octanol–water partition coefficient (Wildman–Crippen LogP) is 1.47. The van der Waals surface area contributed by atoms with E-state index in [2.05, 4.69) is 5.22 Å². The van der Waals surface area contributed by atoms with E-state index in [4.69, 9.17) is 0 Å². The van der Waals surface area contributed by atoms with Crippen LogP contribution >= 0.6 is 0 Å². The van der Waals surface area contributed by atoms with Crippen molar-refractivity contribution in [1.29, 1.82) is 0 Å². The van der Waals surface area contributed by atoms with Crippen LogP contribution in [0.3, 0.4) is 0 Å². The first kappa shape index (κ1) is 8.12. The number of nitro groups is 1. The smallest absolute Gasteiger partial charge is 0.349 e. The molecule has 0 aliphatic rings. The maximum absolute atomic E-state index is 10.8. The Kier molecular flexibility index (Phi) is 2.32. The van der Waals surface area contributed by atoms with Gasteiger partial charge >= 0.3 is 5.22 Å². The van der Waals surface area contributed by atoms with Crippen LogP contribution in [0.4, 0.5) is 5.69 Å². The fraction of sp³-hybridized carbons (Fsp3) is 0. The van der Waals surface area contributed by atoms with Crippen LogP contribution < -0.4 is 0 Å². The molecule has 0 radical (unpaired) electrons. The second kappa shape index (κ2) is 3.42. The molecular formula is C6H5N3O3. The molecule has 1 aromatic rings. The van der Waals surface area contributed by atoms with Crippen molar-refractivity contribution < 1.29 is 9.89 Å². The lowest BCUT2D eigenvalue weighted by atomic mass is 10.3. The van der Waals surface area contributed by atoms with E-state index in [1.165, 1.54) is 12.1 Å². The zero-order valence-corrected chi connectivity index (χ0v) is 5.95. The second-order valence-corrected chi connectivity index (χ2v) is 1.94. The summed E-state index contributed by atoms with van der Waals surface area (Å²) in [6, 6.07) is 7.74. The molecule has 1 rings (SSSR count). The predicted molar refractivity (Wildman–Crippen MR) is 39.2 cm³/mol. The summed E-state index contributed by atoms with van der Waals surface area (Å²) in [5, 5.41) is 22.0. The number of nitrogens with zero attached hydrogens (tertiary/aromatic N) is 3. The molecule has 0 fully saturated rings. The van der Waals surface area contributed by atoms with E-state index in [9.17, 15) is 15.3 Å². The van der Waals surface area contributed by atoms with Gasteiger partial charge in [0.2, 0.25) is 0 Å². The third-order valence-corrected chi connectivity index (χ3v) is 1.13. The first-order valence-corrected chi connectivity index (χ1v) is 3.08. The minimum Gasteiger partial charge on any atom is -0.590 e. The first-order chi connectivity index (χ1) is 5.70. The van der Waals surface area contributed by atoms with Crippen molar-refractivity contribution in [2.45, 2.75) is 0 Å². The molecule has 0 N–H and O–H groups in total. The molecular weight excluding hydrogens is 162 g/mol. The average Bonchev–Trinajstić information content (AvgIpc) is 2.05. The summed E-state index contributed by atoms with van der Waals surface area (Å²) in [7, 11) is 0. The van der Waals surface area contributed by atoms with Crippen LogP contribution in [-0.4, -0.2) is 9.89 Å². The van der Waals surface area contributed by atoms with Crippen LogP contribution in [0.1, 0.15) is 0 Å². The van der Waals surface area contributed by atoms with Crippen molar-refractivity contribution in [3.05, 3.63) is 45.7 Å². The molecule has 0 unspecified atom stereocenters. The van der Waals surface area contributed by atoms with E-state index in [1.54, 1.807) is 18.2 Å². The van der Waals surface area contributed by atoms with E-state index in [-0.39, 0.29) is 10.5 Å². The third-order valence-electron chi connectivity index (χ3n) is 1.13. The summed E-state index contributed by atoms with van der Waals surface area (Å²) < 4.78 is 0. The maximum atomic E-state index is 10.8. The van der Waals surface area contributed by atoms with Gasteiger partial charge in [-0.3, -0.25) is 0 Å². The summed E-state index contributed by atoms with van der Waals surface area (Å²) >= 11 is 0. The highest BCUT2D eigenvalue weighted by Gasteiger charge is 2.05. The molecule has 0 amide bonds. The Hall–Kier alpha value is -1.98. The Morgan fingerprint density at radius 2 is 1.75 bits per heavy atom. The summed E-state index contributed by atoms with van der Waals surface area (Å²) in [6.07, 6.45) is 0. The molecule has 0 heterocycles. The highest BCUT2D eigenvalue weighted by atomic mass is 16.7. The van der Waals surface area contributed by atoms with Gasteiger partial charge in [0.25, 0.3) is 10.7 Å². The normalized spacial score (nSPS) is 11.2. The van der Waals surface area contributed by atoms with Gasteiger partial charge in [-0.05, 0) is 0 Å².